The molecular formula is C18H29N. The Hall–Kier alpha value is -0.820. The Bertz CT molecular complexity index is 413. The van der Waals surface area contributed by atoms with Gasteiger partial charge in [0.2, 0.25) is 0 Å². The Morgan fingerprint density at radius 2 is 1.79 bits per heavy atom. The van der Waals surface area contributed by atoms with Crippen LogP contribution in [0.25, 0.3) is 0 Å². The summed E-state index contributed by atoms with van der Waals surface area (Å²) in [4.78, 5) is 0. The maximum Gasteiger partial charge on any atom is -0.00461 e. The average Bonchev–Trinajstić information content (AvgIpc) is 2.33. The second-order valence-corrected chi connectivity index (χ2v) is 7.24. The van der Waals surface area contributed by atoms with E-state index in [0.29, 0.717) is 11.3 Å². The summed E-state index contributed by atoms with van der Waals surface area (Å²) in [5.41, 5.74) is 11.0. The Labute approximate surface area is 118 Å². The molecule has 2 atom stereocenters. The van der Waals surface area contributed by atoms with E-state index < -0.39 is 0 Å². The van der Waals surface area contributed by atoms with Gasteiger partial charge in [-0.2, -0.15) is 0 Å². The quantitative estimate of drug-likeness (QED) is 0.863. The maximum absolute atomic E-state index is 6.01. The summed E-state index contributed by atoms with van der Waals surface area (Å²) >= 11 is 0. The fourth-order valence-electron chi connectivity index (χ4n) is 3.77. The summed E-state index contributed by atoms with van der Waals surface area (Å²) in [7, 11) is 0. The lowest BCUT2D eigenvalue weighted by molar-refractivity contribution is 0.121. The SMILES string of the molecule is Cc1cccc(C)c1CC1CC(C)(C)CCC1CN. The molecule has 0 heterocycles. The Kier molecular flexibility index (Phi) is 4.35. The van der Waals surface area contributed by atoms with Crippen LogP contribution in [0.15, 0.2) is 18.2 Å². The Morgan fingerprint density at radius 1 is 1.16 bits per heavy atom. The molecule has 106 valence electrons. The molecule has 2 unspecified atom stereocenters. The van der Waals surface area contributed by atoms with Gasteiger partial charge in [0.1, 0.15) is 0 Å². The van der Waals surface area contributed by atoms with Crippen molar-refractivity contribution < 1.29 is 0 Å². The first kappa shape index (κ1) is 14.6. The zero-order valence-electron chi connectivity index (χ0n) is 13.0. The normalized spacial score (nSPS) is 26.4. The first-order valence-corrected chi connectivity index (χ1v) is 7.68. The summed E-state index contributed by atoms with van der Waals surface area (Å²) in [6.45, 7) is 10.2. The van der Waals surface area contributed by atoms with Gasteiger partial charge < -0.3 is 5.73 Å². The second-order valence-electron chi connectivity index (χ2n) is 7.24. The molecule has 0 aliphatic heterocycles. The Balaban J connectivity index is 2.19. The zero-order valence-corrected chi connectivity index (χ0v) is 13.0. The molecule has 2 rings (SSSR count). The molecule has 1 heteroatoms. The number of aryl methyl sites for hydroxylation is 2. The first-order chi connectivity index (χ1) is 8.93. The van der Waals surface area contributed by atoms with Crippen molar-refractivity contribution in [3.05, 3.63) is 34.9 Å². The molecule has 0 aromatic heterocycles. The van der Waals surface area contributed by atoms with Crippen LogP contribution in [0.4, 0.5) is 0 Å². The smallest absolute Gasteiger partial charge is 0.00461 e. The van der Waals surface area contributed by atoms with E-state index in [9.17, 15) is 0 Å². The maximum atomic E-state index is 6.01. The van der Waals surface area contributed by atoms with Crippen molar-refractivity contribution in [3.63, 3.8) is 0 Å². The third-order valence-electron chi connectivity index (χ3n) is 5.09. The molecule has 0 radical (unpaired) electrons. The van der Waals surface area contributed by atoms with Gasteiger partial charge in [0.15, 0.2) is 0 Å². The summed E-state index contributed by atoms with van der Waals surface area (Å²) in [5.74, 6) is 1.47. The number of nitrogens with two attached hydrogens (primary N) is 1. The highest BCUT2D eigenvalue weighted by atomic mass is 14.6. The predicted octanol–water partition coefficient (Wildman–Crippen LogP) is 4.25. The van der Waals surface area contributed by atoms with Crippen molar-refractivity contribution in [2.45, 2.75) is 53.4 Å². The van der Waals surface area contributed by atoms with E-state index >= 15 is 0 Å². The van der Waals surface area contributed by atoms with E-state index in [1.54, 1.807) is 5.56 Å². The lowest BCUT2D eigenvalue weighted by Crippen LogP contribution is -2.35. The highest BCUT2D eigenvalue weighted by Crippen LogP contribution is 2.43. The van der Waals surface area contributed by atoms with Gasteiger partial charge in [0.05, 0.1) is 0 Å². The average molecular weight is 259 g/mol. The third-order valence-corrected chi connectivity index (χ3v) is 5.09. The minimum Gasteiger partial charge on any atom is -0.330 e. The molecule has 1 nitrogen and oxygen atoms in total. The molecule has 0 amide bonds. The number of hydrogen-bond donors (Lipinski definition) is 1. The summed E-state index contributed by atoms with van der Waals surface area (Å²) in [6, 6.07) is 6.65. The molecule has 1 aromatic rings. The van der Waals surface area contributed by atoms with Crippen LogP contribution in [0.2, 0.25) is 0 Å². The van der Waals surface area contributed by atoms with Crippen LogP contribution in [0, 0.1) is 31.1 Å². The first-order valence-electron chi connectivity index (χ1n) is 7.68. The van der Waals surface area contributed by atoms with E-state index in [0.717, 1.165) is 12.5 Å². The van der Waals surface area contributed by atoms with Gasteiger partial charge >= 0.3 is 0 Å². The fourth-order valence-corrected chi connectivity index (χ4v) is 3.77. The van der Waals surface area contributed by atoms with Gasteiger partial charge in [-0.05, 0) is 80.0 Å². The lowest BCUT2D eigenvalue weighted by Gasteiger charge is -2.41. The highest BCUT2D eigenvalue weighted by Gasteiger charge is 2.34. The second kappa shape index (κ2) is 5.66. The van der Waals surface area contributed by atoms with Crippen LogP contribution in [-0.4, -0.2) is 6.54 Å². The van der Waals surface area contributed by atoms with E-state index in [1.165, 1.54) is 36.8 Å². The van der Waals surface area contributed by atoms with Crippen molar-refractivity contribution in [2.24, 2.45) is 23.0 Å². The van der Waals surface area contributed by atoms with Gasteiger partial charge in [-0.3, -0.25) is 0 Å². The van der Waals surface area contributed by atoms with Crippen molar-refractivity contribution in [1.82, 2.24) is 0 Å². The van der Waals surface area contributed by atoms with Crippen LogP contribution in [0.3, 0.4) is 0 Å². The molecule has 0 bridgehead atoms. The number of rotatable bonds is 3. The molecule has 0 spiro atoms. The van der Waals surface area contributed by atoms with Crippen molar-refractivity contribution in [2.75, 3.05) is 6.54 Å². The summed E-state index contributed by atoms with van der Waals surface area (Å²) < 4.78 is 0. The van der Waals surface area contributed by atoms with E-state index in [4.69, 9.17) is 5.73 Å². The zero-order chi connectivity index (χ0) is 14.0. The van der Waals surface area contributed by atoms with Gasteiger partial charge in [0, 0.05) is 0 Å². The molecule has 2 N–H and O–H groups in total. The van der Waals surface area contributed by atoms with Gasteiger partial charge in [0.25, 0.3) is 0 Å². The molecule has 1 fully saturated rings. The van der Waals surface area contributed by atoms with Gasteiger partial charge in [-0.25, -0.2) is 0 Å². The van der Waals surface area contributed by atoms with E-state index in [2.05, 4.69) is 45.9 Å². The largest absolute Gasteiger partial charge is 0.330 e. The van der Waals surface area contributed by atoms with Crippen LogP contribution in [-0.2, 0) is 6.42 Å². The standard InChI is InChI=1S/C18H29N/c1-13-6-5-7-14(2)17(13)10-16-11-18(3,4)9-8-15(16)12-19/h5-7,15-16H,8-12,19H2,1-4H3. The van der Waals surface area contributed by atoms with Crippen LogP contribution < -0.4 is 5.73 Å². The molecule has 1 aliphatic carbocycles. The molecule has 1 aromatic carbocycles. The topological polar surface area (TPSA) is 26.0 Å². The van der Waals surface area contributed by atoms with Gasteiger partial charge in [-0.15, -0.1) is 0 Å². The van der Waals surface area contributed by atoms with Crippen LogP contribution in [0.5, 0.6) is 0 Å². The van der Waals surface area contributed by atoms with Crippen molar-refractivity contribution >= 4 is 0 Å². The van der Waals surface area contributed by atoms with Crippen LogP contribution in [0.1, 0.15) is 49.8 Å². The monoisotopic (exact) mass is 259 g/mol. The molecule has 1 saturated carbocycles. The predicted molar refractivity (Wildman–Crippen MR) is 83.3 cm³/mol. The van der Waals surface area contributed by atoms with E-state index in [-0.39, 0.29) is 0 Å². The fraction of sp³-hybridized carbons (Fsp3) is 0.667. The van der Waals surface area contributed by atoms with Crippen molar-refractivity contribution in [1.29, 1.82) is 0 Å². The number of hydrogen-bond acceptors (Lipinski definition) is 1. The highest BCUT2D eigenvalue weighted by molar-refractivity contribution is 5.34. The lowest BCUT2D eigenvalue weighted by atomic mass is 9.65. The minimum atomic E-state index is 0.493. The van der Waals surface area contributed by atoms with Crippen LogP contribution >= 0.6 is 0 Å². The van der Waals surface area contributed by atoms with Gasteiger partial charge in [-0.1, -0.05) is 32.0 Å². The third kappa shape index (κ3) is 3.39. The van der Waals surface area contributed by atoms with E-state index in [1.807, 2.05) is 0 Å². The Morgan fingerprint density at radius 3 is 2.37 bits per heavy atom. The van der Waals surface area contributed by atoms with Crippen molar-refractivity contribution in [3.8, 4) is 0 Å². The molecular weight excluding hydrogens is 230 g/mol. The molecule has 0 saturated heterocycles. The molecule has 1 aliphatic rings. The molecule has 19 heavy (non-hydrogen) atoms. The summed E-state index contributed by atoms with van der Waals surface area (Å²) in [5, 5.41) is 0. The summed E-state index contributed by atoms with van der Waals surface area (Å²) in [6.07, 6.45) is 5.17. The number of benzene rings is 1. The minimum absolute atomic E-state index is 0.493.